The molecule has 0 aromatic carbocycles. The van der Waals surface area contributed by atoms with Crippen LogP contribution in [0.1, 0.15) is 123 Å². The molecule has 0 saturated carbocycles. The Morgan fingerprint density at radius 3 is 1.48 bits per heavy atom. The molecule has 0 saturated heterocycles. The van der Waals surface area contributed by atoms with Crippen LogP contribution in [0.15, 0.2) is 0 Å². The topological polar surface area (TPSA) is 77.4 Å². The van der Waals surface area contributed by atoms with Gasteiger partial charge < -0.3 is 9.66 Å². The van der Waals surface area contributed by atoms with Crippen LogP contribution in [0.4, 0.5) is 0 Å². The molecule has 0 aliphatic carbocycles. The second kappa shape index (κ2) is 20.2. The van der Waals surface area contributed by atoms with Gasteiger partial charge in [-0.05, 0) is 25.7 Å². The zero-order valence-electron chi connectivity index (χ0n) is 18.3. The normalized spacial score (nSPS) is 13.9. The van der Waals surface area contributed by atoms with Crippen molar-refractivity contribution >= 4 is 10.1 Å². The molecule has 1 N–H and O–H groups in total. The van der Waals surface area contributed by atoms with Gasteiger partial charge in [0.15, 0.2) is 0 Å². The van der Waals surface area contributed by atoms with Crippen molar-refractivity contribution in [3.63, 3.8) is 0 Å². The quantitative estimate of drug-likeness (QED) is 0.200. The molecule has 0 radical (unpaired) electrons. The van der Waals surface area contributed by atoms with Gasteiger partial charge in [-0.25, -0.2) is 8.42 Å². The van der Waals surface area contributed by atoms with E-state index in [0.717, 1.165) is 19.3 Å². The Morgan fingerprint density at radius 2 is 1.07 bits per heavy atom. The van der Waals surface area contributed by atoms with E-state index in [1.807, 2.05) is 0 Å². The van der Waals surface area contributed by atoms with Crippen molar-refractivity contribution in [2.24, 2.45) is 0 Å². The van der Waals surface area contributed by atoms with Gasteiger partial charge in [0, 0.05) is 5.25 Å². The summed E-state index contributed by atoms with van der Waals surface area (Å²) in [5.74, 6) is 0. The first-order chi connectivity index (χ1) is 12.4. The third kappa shape index (κ3) is 19.9. The van der Waals surface area contributed by atoms with E-state index in [9.17, 15) is 18.1 Å². The van der Waals surface area contributed by atoms with Crippen LogP contribution in [0, 0.1) is 0 Å². The summed E-state index contributed by atoms with van der Waals surface area (Å²) in [5.41, 5.74) is 0. The molecule has 0 amide bonds. The summed E-state index contributed by atoms with van der Waals surface area (Å²) >= 11 is 0. The summed E-state index contributed by atoms with van der Waals surface area (Å²) in [6, 6.07) is 0. The van der Waals surface area contributed by atoms with Crippen LogP contribution < -0.4 is 29.6 Å². The van der Waals surface area contributed by atoms with Gasteiger partial charge in [-0.2, -0.15) is 0 Å². The fourth-order valence-corrected chi connectivity index (χ4v) is 4.36. The Hall–Kier alpha value is 0.870. The Kier molecular flexibility index (Phi) is 22.4. The number of rotatable bonds is 19. The Balaban J connectivity index is 0. The Morgan fingerprint density at radius 1 is 0.704 bits per heavy atom. The van der Waals surface area contributed by atoms with Crippen molar-refractivity contribution in [1.82, 2.24) is 0 Å². The smallest absolute Gasteiger partial charge is 0.748 e. The van der Waals surface area contributed by atoms with Crippen molar-refractivity contribution in [2.75, 3.05) is 0 Å². The van der Waals surface area contributed by atoms with Gasteiger partial charge in [0.25, 0.3) is 0 Å². The summed E-state index contributed by atoms with van der Waals surface area (Å²) < 4.78 is 33.0. The number of hydrogen-bond acceptors (Lipinski definition) is 4. The molecule has 27 heavy (non-hydrogen) atoms. The van der Waals surface area contributed by atoms with Gasteiger partial charge in [0.05, 0.1) is 16.2 Å². The van der Waals surface area contributed by atoms with Crippen molar-refractivity contribution < 1.29 is 47.6 Å². The van der Waals surface area contributed by atoms with E-state index >= 15 is 0 Å². The molecule has 0 bridgehead atoms. The summed E-state index contributed by atoms with van der Waals surface area (Å²) in [6.45, 7) is 3.99. The third-order valence-electron chi connectivity index (χ3n) is 5.32. The molecular formula is C21H43NaO4S. The van der Waals surface area contributed by atoms with Gasteiger partial charge in [0.1, 0.15) is 0 Å². The maximum atomic E-state index is 11.0. The molecule has 0 aliphatic heterocycles. The summed E-state index contributed by atoms with van der Waals surface area (Å²) in [7, 11) is -4.16. The molecule has 158 valence electrons. The Labute approximate surface area is 191 Å². The predicted molar refractivity (Wildman–Crippen MR) is 109 cm³/mol. The second-order valence-corrected chi connectivity index (χ2v) is 9.44. The van der Waals surface area contributed by atoms with Gasteiger partial charge in [-0.3, -0.25) is 0 Å². The molecule has 4 nitrogen and oxygen atoms in total. The first-order valence-electron chi connectivity index (χ1n) is 11.0. The monoisotopic (exact) mass is 414 g/mol. The van der Waals surface area contributed by atoms with Gasteiger partial charge in [0.2, 0.25) is 0 Å². The molecule has 0 rings (SSSR count). The van der Waals surface area contributed by atoms with Crippen LogP contribution in [0.25, 0.3) is 0 Å². The molecule has 2 unspecified atom stereocenters. The van der Waals surface area contributed by atoms with E-state index < -0.39 is 15.4 Å². The minimum absolute atomic E-state index is 0. The first kappa shape index (κ1) is 30.1. The zero-order chi connectivity index (χ0) is 19.7. The predicted octanol–water partition coefficient (Wildman–Crippen LogP) is 2.94. The molecule has 6 heteroatoms. The number of aliphatic hydroxyl groups excluding tert-OH is 1. The number of unbranched alkanes of at least 4 members (excludes halogenated alkanes) is 11. The summed E-state index contributed by atoms with van der Waals surface area (Å²) in [5, 5.41) is 9.24. The van der Waals surface area contributed by atoms with E-state index in [0.29, 0.717) is 25.7 Å². The van der Waals surface area contributed by atoms with Crippen molar-refractivity contribution in [1.29, 1.82) is 0 Å². The number of aliphatic hydroxyl groups is 1. The second-order valence-electron chi connectivity index (χ2n) is 7.79. The fraction of sp³-hybridized carbons (Fsp3) is 1.00. The number of hydrogen-bond donors (Lipinski definition) is 1. The van der Waals surface area contributed by atoms with Crippen molar-refractivity contribution in [3.8, 4) is 0 Å². The molecule has 0 fully saturated rings. The molecule has 0 aromatic heterocycles. The summed E-state index contributed by atoms with van der Waals surface area (Å²) in [6.07, 6.45) is 18.0. The minimum Gasteiger partial charge on any atom is -0.748 e. The van der Waals surface area contributed by atoms with Crippen molar-refractivity contribution in [2.45, 2.75) is 134 Å². The first-order valence-corrected chi connectivity index (χ1v) is 12.5. The zero-order valence-corrected chi connectivity index (χ0v) is 21.1. The Bertz CT molecular complexity index is 401. The third-order valence-corrected chi connectivity index (χ3v) is 6.70. The molecule has 0 aromatic rings. The van der Waals surface area contributed by atoms with E-state index in [-0.39, 0.29) is 35.7 Å². The van der Waals surface area contributed by atoms with Crippen LogP contribution in [-0.2, 0) is 10.1 Å². The van der Waals surface area contributed by atoms with E-state index in [1.165, 1.54) is 64.2 Å². The molecule has 0 spiro atoms. The van der Waals surface area contributed by atoms with Gasteiger partial charge >= 0.3 is 29.6 Å². The van der Waals surface area contributed by atoms with Crippen molar-refractivity contribution in [3.05, 3.63) is 0 Å². The van der Waals surface area contributed by atoms with Crippen LogP contribution in [-0.4, -0.2) is 29.4 Å². The standard InChI is InChI=1S/C21H44O4S.Na/c1-3-5-6-7-8-9-10-11-12-13-14-17-20(22)18-15-16-19-21(4-2)26(23,24)25;/h20-22H,3-19H2,1-2H3,(H,23,24,25);/q;+1/p-1. The molecule has 2 atom stereocenters. The van der Waals surface area contributed by atoms with E-state index in [1.54, 1.807) is 6.92 Å². The van der Waals surface area contributed by atoms with Gasteiger partial charge in [-0.15, -0.1) is 0 Å². The molecular weight excluding hydrogens is 371 g/mol. The average molecular weight is 415 g/mol. The largest absolute Gasteiger partial charge is 1.00 e. The van der Waals surface area contributed by atoms with Gasteiger partial charge in [-0.1, -0.05) is 97.3 Å². The van der Waals surface area contributed by atoms with Crippen LogP contribution in [0.3, 0.4) is 0 Å². The van der Waals surface area contributed by atoms with E-state index in [2.05, 4.69) is 6.92 Å². The average Bonchev–Trinajstić information content (AvgIpc) is 2.58. The minimum atomic E-state index is -4.16. The maximum absolute atomic E-state index is 11.0. The van der Waals surface area contributed by atoms with Crippen LogP contribution in [0.5, 0.6) is 0 Å². The van der Waals surface area contributed by atoms with E-state index in [4.69, 9.17) is 0 Å². The van der Waals surface area contributed by atoms with Crippen LogP contribution in [0.2, 0.25) is 0 Å². The molecule has 0 aliphatic rings. The SMILES string of the molecule is CCCCCCCCCCCCCC(O)CCCCC(CC)S(=O)(=O)[O-].[Na+]. The fourth-order valence-electron chi connectivity index (χ4n) is 3.49. The summed E-state index contributed by atoms with van der Waals surface area (Å²) in [4.78, 5) is 0. The van der Waals surface area contributed by atoms with Crippen LogP contribution >= 0.6 is 0 Å². The maximum Gasteiger partial charge on any atom is 1.00 e. The molecule has 0 heterocycles.